The maximum Gasteiger partial charge on any atom is 0.244 e. The maximum absolute atomic E-state index is 14.3. The monoisotopic (exact) mass is 445 g/mol. The van der Waals surface area contributed by atoms with Crippen LogP contribution in [0.1, 0.15) is 30.4 Å². The van der Waals surface area contributed by atoms with E-state index < -0.39 is 5.82 Å². The van der Waals surface area contributed by atoms with Gasteiger partial charge >= 0.3 is 0 Å². The van der Waals surface area contributed by atoms with Crippen LogP contribution in [-0.4, -0.2) is 16.8 Å². The van der Waals surface area contributed by atoms with Crippen LogP contribution < -0.4 is 15.4 Å². The van der Waals surface area contributed by atoms with Gasteiger partial charge in [0.1, 0.15) is 5.75 Å². The van der Waals surface area contributed by atoms with Crippen LogP contribution in [0, 0.1) is 11.7 Å². The molecule has 168 valence electrons. The molecule has 0 spiro atoms. The number of pyridine rings is 1. The summed E-state index contributed by atoms with van der Waals surface area (Å²) >= 11 is 0. The summed E-state index contributed by atoms with van der Waals surface area (Å²) in [5.41, 5.74) is 2.12. The number of amides is 2. The first-order chi connectivity index (χ1) is 16.1. The molecule has 1 fully saturated rings. The first-order valence-electron chi connectivity index (χ1n) is 10.8. The average molecular weight is 445 g/mol. The third-order valence-electron chi connectivity index (χ3n) is 5.38. The normalized spacial score (nSPS) is 13.4. The van der Waals surface area contributed by atoms with Gasteiger partial charge in [0, 0.05) is 30.4 Å². The van der Waals surface area contributed by atoms with E-state index in [0.717, 1.165) is 30.5 Å². The number of nitrogens with one attached hydrogen (secondary N) is 2. The van der Waals surface area contributed by atoms with Crippen LogP contribution in [0.4, 0.5) is 10.1 Å². The van der Waals surface area contributed by atoms with Crippen molar-refractivity contribution in [3.8, 4) is 11.5 Å². The van der Waals surface area contributed by atoms with Crippen LogP contribution in [0.2, 0.25) is 0 Å². The molecule has 0 saturated heterocycles. The lowest BCUT2D eigenvalue weighted by molar-refractivity contribution is -0.122. The topological polar surface area (TPSA) is 80.3 Å². The van der Waals surface area contributed by atoms with Gasteiger partial charge < -0.3 is 15.4 Å². The van der Waals surface area contributed by atoms with Gasteiger partial charge in [0.15, 0.2) is 11.6 Å². The third kappa shape index (κ3) is 6.26. The molecule has 3 aromatic rings. The van der Waals surface area contributed by atoms with Crippen molar-refractivity contribution in [2.24, 2.45) is 5.92 Å². The van der Waals surface area contributed by atoms with Gasteiger partial charge in [-0.3, -0.25) is 14.6 Å². The molecule has 2 aromatic carbocycles. The summed E-state index contributed by atoms with van der Waals surface area (Å²) in [5, 5.41) is 5.72. The van der Waals surface area contributed by atoms with Gasteiger partial charge in [0.25, 0.3) is 0 Å². The van der Waals surface area contributed by atoms with E-state index in [9.17, 15) is 14.0 Å². The van der Waals surface area contributed by atoms with E-state index >= 15 is 0 Å². The van der Waals surface area contributed by atoms with Crippen LogP contribution in [-0.2, 0) is 16.1 Å². The Hall–Kier alpha value is -4.00. The maximum atomic E-state index is 14.3. The predicted octanol–water partition coefficient (Wildman–Crippen LogP) is 5.08. The Labute approximate surface area is 191 Å². The number of hydrogen-bond acceptors (Lipinski definition) is 4. The molecule has 0 aliphatic heterocycles. The van der Waals surface area contributed by atoms with Gasteiger partial charge in [0.05, 0.1) is 6.20 Å². The van der Waals surface area contributed by atoms with Crippen molar-refractivity contribution in [3.05, 3.63) is 90.0 Å². The van der Waals surface area contributed by atoms with Crippen molar-refractivity contribution in [3.63, 3.8) is 0 Å². The third-order valence-corrected chi connectivity index (χ3v) is 5.38. The van der Waals surface area contributed by atoms with Gasteiger partial charge in [-0.25, -0.2) is 4.39 Å². The van der Waals surface area contributed by atoms with Crippen molar-refractivity contribution >= 4 is 23.6 Å². The second-order valence-electron chi connectivity index (χ2n) is 7.85. The zero-order valence-corrected chi connectivity index (χ0v) is 18.0. The number of halogens is 1. The first kappa shape index (κ1) is 22.2. The molecule has 1 aromatic heterocycles. The standard InChI is InChI=1S/C26H24FN3O3/c27-23-15-18(9-11-24(23)33-22-8-3-13-28-17-22)10-12-25(31)29-16-19-4-1-7-21(14-19)30-26(32)20-5-2-6-20/h1,3-4,7-15,17,20H,2,5-6,16H2,(H,29,31)(H,30,32)/b12-10+. The Morgan fingerprint density at radius 2 is 2.00 bits per heavy atom. The zero-order chi connectivity index (χ0) is 23.0. The zero-order valence-electron chi connectivity index (χ0n) is 18.0. The van der Waals surface area contributed by atoms with Crippen LogP contribution in [0.5, 0.6) is 11.5 Å². The molecule has 0 unspecified atom stereocenters. The van der Waals surface area contributed by atoms with Gasteiger partial charge in [-0.2, -0.15) is 0 Å². The molecule has 1 aliphatic carbocycles. The quantitative estimate of drug-likeness (QED) is 0.474. The Morgan fingerprint density at radius 3 is 2.73 bits per heavy atom. The number of hydrogen-bond donors (Lipinski definition) is 2. The molecule has 33 heavy (non-hydrogen) atoms. The second-order valence-corrected chi connectivity index (χ2v) is 7.85. The molecule has 4 rings (SSSR count). The molecule has 2 N–H and O–H groups in total. The summed E-state index contributed by atoms with van der Waals surface area (Å²) in [6.07, 6.45) is 8.96. The van der Waals surface area contributed by atoms with E-state index in [-0.39, 0.29) is 23.5 Å². The number of benzene rings is 2. The molecule has 1 saturated carbocycles. The minimum absolute atomic E-state index is 0.0504. The number of carbonyl (C=O) groups is 2. The molecule has 0 atom stereocenters. The number of anilines is 1. The Balaban J connectivity index is 1.29. The lowest BCUT2D eigenvalue weighted by atomic mass is 9.85. The average Bonchev–Trinajstić information content (AvgIpc) is 2.77. The molecule has 2 amide bonds. The fourth-order valence-corrected chi connectivity index (χ4v) is 3.33. The summed E-state index contributed by atoms with van der Waals surface area (Å²) in [5.74, 6) is -0.175. The van der Waals surface area contributed by atoms with E-state index in [4.69, 9.17) is 4.74 Å². The minimum Gasteiger partial charge on any atom is -0.453 e. The van der Waals surface area contributed by atoms with Gasteiger partial charge in [-0.15, -0.1) is 0 Å². The van der Waals surface area contributed by atoms with Crippen LogP contribution in [0.15, 0.2) is 73.1 Å². The first-order valence-corrected chi connectivity index (χ1v) is 10.8. The number of aromatic nitrogens is 1. The van der Waals surface area contributed by atoms with Gasteiger partial charge in [-0.1, -0.05) is 24.6 Å². The van der Waals surface area contributed by atoms with Crippen molar-refractivity contribution in [2.75, 3.05) is 5.32 Å². The molecule has 1 heterocycles. The van der Waals surface area contributed by atoms with E-state index in [0.29, 0.717) is 17.9 Å². The summed E-state index contributed by atoms with van der Waals surface area (Å²) in [6.45, 7) is 0.308. The summed E-state index contributed by atoms with van der Waals surface area (Å²) in [6, 6.07) is 15.2. The highest BCUT2D eigenvalue weighted by molar-refractivity contribution is 5.93. The van der Waals surface area contributed by atoms with E-state index in [1.165, 1.54) is 30.5 Å². The van der Waals surface area contributed by atoms with Crippen molar-refractivity contribution < 1.29 is 18.7 Å². The molecule has 0 radical (unpaired) electrons. The highest BCUT2D eigenvalue weighted by atomic mass is 19.1. The number of nitrogens with zero attached hydrogens (tertiary/aromatic N) is 1. The van der Waals surface area contributed by atoms with Crippen LogP contribution in [0.3, 0.4) is 0 Å². The van der Waals surface area contributed by atoms with E-state index in [2.05, 4.69) is 15.6 Å². The second kappa shape index (κ2) is 10.5. The number of carbonyl (C=O) groups excluding carboxylic acids is 2. The van der Waals surface area contributed by atoms with E-state index in [1.54, 1.807) is 24.4 Å². The smallest absolute Gasteiger partial charge is 0.244 e. The molecular weight excluding hydrogens is 421 g/mol. The lowest BCUT2D eigenvalue weighted by Crippen LogP contribution is -2.28. The van der Waals surface area contributed by atoms with Gasteiger partial charge in [-0.05, 0) is 66.4 Å². The summed E-state index contributed by atoms with van der Waals surface area (Å²) in [7, 11) is 0. The lowest BCUT2D eigenvalue weighted by Gasteiger charge is -2.24. The van der Waals surface area contributed by atoms with Crippen molar-refractivity contribution in [2.45, 2.75) is 25.8 Å². The molecule has 6 nitrogen and oxygen atoms in total. The van der Waals surface area contributed by atoms with Crippen LogP contribution in [0.25, 0.3) is 6.08 Å². The summed E-state index contributed by atoms with van der Waals surface area (Å²) in [4.78, 5) is 28.2. The predicted molar refractivity (Wildman–Crippen MR) is 124 cm³/mol. The Morgan fingerprint density at radius 1 is 1.12 bits per heavy atom. The fourth-order valence-electron chi connectivity index (χ4n) is 3.33. The molecule has 7 heteroatoms. The highest BCUT2D eigenvalue weighted by Crippen LogP contribution is 2.28. The minimum atomic E-state index is -0.540. The van der Waals surface area contributed by atoms with Gasteiger partial charge in [0.2, 0.25) is 11.8 Å². The summed E-state index contributed by atoms with van der Waals surface area (Å²) < 4.78 is 19.8. The van der Waals surface area contributed by atoms with Crippen molar-refractivity contribution in [1.82, 2.24) is 10.3 Å². The highest BCUT2D eigenvalue weighted by Gasteiger charge is 2.25. The molecule has 1 aliphatic rings. The molecular formula is C26H24FN3O3. The Bertz CT molecular complexity index is 1160. The Kier molecular flexibility index (Phi) is 7.09. The van der Waals surface area contributed by atoms with E-state index in [1.807, 2.05) is 24.3 Å². The van der Waals surface area contributed by atoms with Crippen molar-refractivity contribution in [1.29, 1.82) is 0 Å². The van der Waals surface area contributed by atoms with Crippen LogP contribution >= 0.6 is 0 Å². The fraction of sp³-hybridized carbons (Fsp3) is 0.192. The number of ether oxygens (including phenoxy) is 1. The number of rotatable bonds is 8. The largest absolute Gasteiger partial charge is 0.453 e. The molecule has 0 bridgehead atoms. The SMILES string of the molecule is O=C(/C=C/c1ccc(Oc2cccnc2)c(F)c1)NCc1cccc(NC(=O)C2CCC2)c1.